The van der Waals surface area contributed by atoms with Gasteiger partial charge in [-0.1, -0.05) is 18.2 Å². The minimum absolute atomic E-state index is 0.0537. The Hall–Kier alpha value is -2.51. The Bertz CT molecular complexity index is 790. The number of rotatable bonds is 5. The summed E-state index contributed by atoms with van der Waals surface area (Å²) in [5, 5.41) is 2.94. The fourth-order valence-corrected chi connectivity index (χ4v) is 3.49. The van der Waals surface area contributed by atoms with Gasteiger partial charge < -0.3 is 15.1 Å². The molecule has 6 nitrogen and oxygen atoms in total. The Morgan fingerprint density at radius 2 is 1.64 bits per heavy atom. The van der Waals surface area contributed by atoms with Crippen molar-refractivity contribution in [2.75, 3.05) is 56.2 Å². The molecule has 0 spiro atoms. The predicted molar refractivity (Wildman–Crippen MR) is 115 cm³/mol. The van der Waals surface area contributed by atoms with Crippen LogP contribution in [0.2, 0.25) is 0 Å². The van der Waals surface area contributed by atoms with Gasteiger partial charge in [-0.15, -0.1) is 11.8 Å². The molecule has 1 aliphatic rings. The number of amides is 3. The van der Waals surface area contributed by atoms with E-state index in [9.17, 15) is 9.59 Å². The monoisotopic (exact) mass is 398 g/mol. The summed E-state index contributed by atoms with van der Waals surface area (Å²) in [5.41, 5.74) is 1.68. The molecule has 3 rings (SSSR count). The fraction of sp³-hybridized carbons (Fsp3) is 0.333. The molecule has 0 aliphatic carbocycles. The molecule has 0 unspecified atom stereocenters. The maximum absolute atomic E-state index is 12.5. The van der Waals surface area contributed by atoms with E-state index in [0.717, 1.165) is 16.3 Å². The van der Waals surface area contributed by atoms with E-state index < -0.39 is 0 Å². The van der Waals surface area contributed by atoms with Crippen LogP contribution in [-0.2, 0) is 4.79 Å². The third-order valence-electron chi connectivity index (χ3n) is 4.88. The van der Waals surface area contributed by atoms with Crippen LogP contribution in [0.3, 0.4) is 0 Å². The Morgan fingerprint density at radius 3 is 2.25 bits per heavy atom. The largest absolute Gasteiger partial charge is 0.322 e. The minimum atomic E-state index is -0.0933. The van der Waals surface area contributed by atoms with Gasteiger partial charge in [0.2, 0.25) is 5.91 Å². The lowest BCUT2D eigenvalue weighted by atomic mass is 10.2. The smallest absolute Gasteiger partial charge is 0.321 e. The van der Waals surface area contributed by atoms with Crippen LogP contribution in [0.5, 0.6) is 0 Å². The van der Waals surface area contributed by atoms with Crippen molar-refractivity contribution in [3.8, 4) is 0 Å². The molecule has 0 atom stereocenters. The van der Waals surface area contributed by atoms with Crippen molar-refractivity contribution in [1.29, 1.82) is 0 Å². The summed E-state index contributed by atoms with van der Waals surface area (Å²) in [6.45, 7) is 2.95. The summed E-state index contributed by atoms with van der Waals surface area (Å²) in [6, 6.07) is 17.3. The van der Waals surface area contributed by atoms with Gasteiger partial charge in [-0.25, -0.2) is 4.79 Å². The molecule has 2 aromatic rings. The molecule has 3 amide bonds. The summed E-state index contributed by atoms with van der Waals surface area (Å²) >= 11 is 1.67. The van der Waals surface area contributed by atoms with E-state index in [2.05, 4.69) is 10.2 Å². The maximum Gasteiger partial charge on any atom is 0.321 e. The Kier molecular flexibility index (Phi) is 6.95. The van der Waals surface area contributed by atoms with Crippen molar-refractivity contribution in [2.45, 2.75) is 4.90 Å². The van der Waals surface area contributed by atoms with Crippen LogP contribution >= 0.6 is 11.8 Å². The molecule has 7 heteroatoms. The Balaban J connectivity index is 1.45. The van der Waals surface area contributed by atoms with E-state index in [0.29, 0.717) is 32.7 Å². The first-order valence-corrected chi connectivity index (χ1v) is 10.5. The summed E-state index contributed by atoms with van der Waals surface area (Å²) < 4.78 is 0. The van der Waals surface area contributed by atoms with Crippen molar-refractivity contribution in [1.82, 2.24) is 9.80 Å². The third kappa shape index (κ3) is 5.27. The van der Waals surface area contributed by atoms with Gasteiger partial charge in [0.15, 0.2) is 0 Å². The lowest BCUT2D eigenvalue weighted by Gasteiger charge is -2.35. The number of nitrogens with zero attached hydrogens (tertiary/aromatic N) is 3. The highest BCUT2D eigenvalue weighted by Crippen LogP contribution is 2.18. The molecule has 1 saturated heterocycles. The molecule has 2 aromatic carbocycles. The summed E-state index contributed by atoms with van der Waals surface area (Å²) in [6.07, 6.45) is 2.02. The van der Waals surface area contributed by atoms with Crippen molar-refractivity contribution in [3.05, 3.63) is 54.6 Å². The van der Waals surface area contributed by atoms with Crippen LogP contribution in [0.15, 0.2) is 59.5 Å². The molecular weight excluding hydrogens is 372 g/mol. The van der Waals surface area contributed by atoms with E-state index in [-0.39, 0.29) is 11.9 Å². The maximum atomic E-state index is 12.5. The van der Waals surface area contributed by atoms with Gasteiger partial charge in [0, 0.05) is 49.5 Å². The van der Waals surface area contributed by atoms with E-state index in [1.807, 2.05) is 60.9 Å². The normalized spacial score (nSPS) is 14.6. The molecule has 1 aliphatic heterocycles. The number of carbonyl (C=O) groups is 2. The Labute approximate surface area is 170 Å². The third-order valence-corrected chi connectivity index (χ3v) is 5.62. The number of hydrogen-bond acceptors (Lipinski definition) is 4. The molecule has 148 valence electrons. The topological polar surface area (TPSA) is 55.9 Å². The standard InChI is InChI=1S/C21H26N4O2S/c1-23(18-6-4-3-5-7-18)20(26)16-24-12-14-25(15-13-24)21(27)22-17-8-10-19(28-2)11-9-17/h3-11H,12-16H2,1-2H3,(H,22,27). The van der Waals surface area contributed by atoms with E-state index in [1.165, 1.54) is 0 Å². The summed E-state index contributed by atoms with van der Waals surface area (Å²) in [4.78, 5) is 31.7. The number of nitrogens with one attached hydrogen (secondary N) is 1. The zero-order chi connectivity index (χ0) is 19.9. The predicted octanol–water partition coefficient (Wildman–Crippen LogP) is 3.22. The number of thioether (sulfide) groups is 1. The van der Waals surface area contributed by atoms with Gasteiger partial charge in [0.25, 0.3) is 0 Å². The van der Waals surface area contributed by atoms with E-state index in [1.54, 1.807) is 28.6 Å². The first-order chi connectivity index (χ1) is 13.6. The molecule has 28 heavy (non-hydrogen) atoms. The molecule has 0 saturated carbocycles. The zero-order valence-electron chi connectivity index (χ0n) is 16.3. The van der Waals surface area contributed by atoms with Gasteiger partial charge in [0.1, 0.15) is 0 Å². The van der Waals surface area contributed by atoms with Crippen molar-refractivity contribution < 1.29 is 9.59 Å². The highest BCUT2D eigenvalue weighted by atomic mass is 32.2. The second-order valence-electron chi connectivity index (χ2n) is 6.71. The first kappa shape index (κ1) is 20.2. The molecule has 0 radical (unpaired) electrons. The van der Waals surface area contributed by atoms with Crippen LogP contribution in [0, 0.1) is 0 Å². The van der Waals surface area contributed by atoms with Gasteiger partial charge >= 0.3 is 6.03 Å². The van der Waals surface area contributed by atoms with Gasteiger partial charge in [0.05, 0.1) is 6.54 Å². The highest BCUT2D eigenvalue weighted by Gasteiger charge is 2.23. The average Bonchev–Trinajstić information content (AvgIpc) is 2.74. The number of para-hydroxylation sites is 1. The van der Waals surface area contributed by atoms with Gasteiger partial charge in [-0.3, -0.25) is 9.69 Å². The zero-order valence-corrected chi connectivity index (χ0v) is 17.1. The van der Waals surface area contributed by atoms with Gasteiger partial charge in [-0.05, 0) is 42.7 Å². The molecule has 1 fully saturated rings. The van der Waals surface area contributed by atoms with Crippen LogP contribution in [0.1, 0.15) is 0 Å². The number of anilines is 2. The Morgan fingerprint density at radius 1 is 1.00 bits per heavy atom. The van der Waals surface area contributed by atoms with E-state index >= 15 is 0 Å². The van der Waals surface area contributed by atoms with E-state index in [4.69, 9.17) is 0 Å². The number of benzene rings is 2. The quantitative estimate of drug-likeness (QED) is 0.786. The van der Waals surface area contributed by atoms with Crippen LogP contribution in [0.25, 0.3) is 0 Å². The lowest BCUT2D eigenvalue weighted by Crippen LogP contribution is -2.52. The van der Waals surface area contributed by atoms with Crippen molar-refractivity contribution in [3.63, 3.8) is 0 Å². The fourth-order valence-electron chi connectivity index (χ4n) is 3.08. The SMILES string of the molecule is CSc1ccc(NC(=O)N2CCN(CC(=O)N(C)c3ccccc3)CC2)cc1. The van der Waals surface area contributed by atoms with Crippen LogP contribution < -0.4 is 10.2 Å². The number of likely N-dealkylation sites (N-methyl/N-ethyl adjacent to an activating group) is 1. The van der Waals surface area contributed by atoms with Crippen molar-refractivity contribution >= 4 is 35.1 Å². The number of piperazine rings is 1. The number of carbonyl (C=O) groups excluding carboxylic acids is 2. The molecule has 1 heterocycles. The van der Waals surface area contributed by atoms with Crippen molar-refractivity contribution in [2.24, 2.45) is 0 Å². The first-order valence-electron chi connectivity index (χ1n) is 9.31. The minimum Gasteiger partial charge on any atom is -0.322 e. The number of hydrogen-bond donors (Lipinski definition) is 1. The number of urea groups is 1. The molecular formula is C21H26N4O2S. The second kappa shape index (κ2) is 9.61. The second-order valence-corrected chi connectivity index (χ2v) is 7.59. The molecule has 1 N–H and O–H groups in total. The van der Waals surface area contributed by atoms with Gasteiger partial charge in [-0.2, -0.15) is 0 Å². The van der Waals surface area contributed by atoms with Crippen LogP contribution in [-0.4, -0.2) is 67.8 Å². The molecule has 0 aromatic heterocycles. The average molecular weight is 399 g/mol. The molecule has 0 bridgehead atoms. The summed E-state index contributed by atoms with van der Waals surface area (Å²) in [7, 11) is 1.80. The summed E-state index contributed by atoms with van der Waals surface area (Å²) in [5.74, 6) is 0.0537. The van der Waals surface area contributed by atoms with Crippen LogP contribution in [0.4, 0.5) is 16.2 Å². The highest BCUT2D eigenvalue weighted by molar-refractivity contribution is 7.98. The lowest BCUT2D eigenvalue weighted by molar-refractivity contribution is -0.119.